The highest BCUT2D eigenvalue weighted by molar-refractivity contribution is 6.16. The third kappa shape index (κ3) is 1.52. The minimum Gasteiger partial charge on any atom is -0.0616 e. The van der Waals surface area contributed by atoms with Crippen molar-refractivity contribution >= 4 is 10.8 Å². The van der Waals surface area contributed by atoms with Crippen LogP contribution in [-0.2, 0) is 0 Å². The molecule has 0 aliphatic heterocycles. The molecule has 0 unspecified atom stereocenters. The molecule has 0 nitrogen and oxygen atoms in total. The molecule has 4 aromatic carbocycles. The zero-order valence-electron chi connectivity index (χ0n) is 12.0. The molecule has 0 bridgehead atoms. The predicted octanol–water partition coefficient (Wildman–Crippen LogP) is 5.95. The molecule has 0 aromatic heterocycles. The Labute approximate surface area is 129 Å². The monoisotopic (exact) mass is 277 g/mol. The first-order valence-electron chi connectivity index (χ1n) is 7.55. The zero-order valence-corrected chi connectivity index (χ0v) is 12.0. The normalized spacial score (nSPS) is 11.6. The summed E-state index contributed by atoms with van der Waals surface area (Å²) in [6, 6.07) is 31.2. The number of benzene rings is 4. The van der Waals surface area contributed by atoms with Crippen LogP contribution in [0.5, 0.6) is 0 Å². The van der Waals surface area contributed by atoms with E-state index in [0.29, 0.717) is 0 Å². The van der Waals surface area contributed by atoms with Crippen LogP contribution in [0.1, 0.15) is 0 Å². The summed E-state index contributed by atoms with van der Waals surface area (Å²) < 4.78 is 0. The fourth-order valence-corrected chi connectivity index (χ4v) is 3.56. The highest BCUT2D eigenvalue weighted by Crippen LogP contribution is 2.48. The van der Waals surface area contributed by atoms with Crippen molar-refractivity contribution in [2.24, 2.45) is 0 Å². The molecular formula is C22H13. The zero-order chi connectivity index (χ0) is 14.5. The van der Waals surface area contributed by atoms with E-state index in [9.17, 15) is 0 Å². The molecule has 0 atom stereocenters. The SMILES string of the molecule is [c]1ccc(-c2cc3c4c(cccc4c2)-c2ccccc2-3)cc1. The van der Waals surface area contributed by atoms with E-state index in [-0.39, 0.29) is 0 Å². The van der Waals surface area contributed by atoms with Gasteiger partial charge in [0.05, 0.1) is 0 Å². The molecule has 4 aromatic rings. The summed E-state index contributed by atoms with van der Waals surface area (Å²) in [5, 5.41) is 2.70. The van der Waals surface area contributed by atoms with Crippen LogP contribution in [0.25, 0.3) is 44.2 Å². The van der Waals surface area contributed by atoms with E-state index >= 15 is 0 Å². The first-order valence-corrected chi connectivity index (χ1v) is 7.55. The van der Waals surface area contributed by atoms with E-state index in [1.165, 1.54) is 44.2 Å². The maximum absolute atomic E-state index is 3.09. The summed E-state index contributed by atoms with van der Waals surface area (Å²) in [5.41, 5.74) is 7.92. The van der Waals surface area contributed by atoms with Crippen molar-refractivity contribution in [2.45, 2.75) is 0 Å². The molecule has 0 spiro atoms. The molecule has 22 heavy (non-hydrogen) atoms. The Hall–Kier alpha value is -2.86. The van der Waals surface area contributed by atoms with Gasteiger partial charge in [0.15, 0.2) is 0 Å². The second-order valence-corrected chi connectivity index (χ2v) is 5.76. The topological polar surface area (TPSA) is 0 Å². The van der Waals surface area contributed by atoms with Crippen molar-refractivity contribution in [3.8, 4) is 33.4 Å². The van der Waals surface area contributed by atoms with Gasteiger partial charge in [0.2, 0.25) is 0 Å². The van der Waals surface area contributed by atoms with Gasteiger partial charge in [0, 0.05) is 0 Å². The molecule has 0 saturated heterocycles. The Morgan fingerprint density at radius 1 is 0.545 bits per heavy atom. The van der Waals surface area contributed by atoms with Gasteiger partial charge in [-0.15, -0.1) is 0 Å². The van der Waals surface area contributed by atoms with Crippen LogP contribution < -0.4 is 0 Å². The summed E-state index contributed by atoms with van der Waals surface area (Å²) >= 11 is 0. The van der Waals surface area contributed by atoms with Crippen molar-refractivity contribution in [3.63, 3.8) is 0 Å². The lowest BCUT2D eigenvalue weighted by Gasteiger charge is -2.07. The lowest BCUT2D eigenvalue weighted by molar-refractivity contribution is 1.64. The minimum atomic E-state index is 1.24. The third-order valence-electron chi connectivity index (χ3n) is 4.54. The smallest absolute Gasteiger partial charge is 0.00259 e. The molecule has 0 heterocycles. The van der Waals surface area contributed by atoms with E-state index < -0.39 is 0 Å². The quantitative estimate of drug-likeness (QED) is 0.355. The second kappa shape index (κ2) is 4.32. The van der Waals surface area contributed by atoms with Gasteiger partial charge in [-0.05, 0) is 62.4 Å². The number of fused-ring (bicyclic) bond motifs is 3. The summed E-state index contributed by atoms with van der Waals surface area (Å²) in [5.74, 6) is 0. The summed E-state index contributed by atoms with van der Waals surface area (Å²) in [4.78, 5) is 0. The fraction of sp³-hybridized carbons (Fsp3) is 0. The van der Waals surface area contributed by atoms with Gasteiger partial charge < -0.3 is 0 Å². The van der Waals surface area contributed by atoms with Crippen LogP contribution in [0.2, 0.25) is 0 Å². The molecular weight excluding hydrogens is 264 g/mol. The molecule has 0 heteroatoms. The van der Waals surface area contributed by atoms with Gasteiger partial charge >= 0.3 is 0 Å². The Kier molecular flexibility index (Phi) is 2.31. The first-order chi connectivity index (χ1) is 10.9. The molecule has 0 amide bonds. The van der Waals surface area contributed by atoms with Crippen LogP contribution in [0.4, 0.5) is 0 Å². The first kappa shape index (κ1) is 11.8. The van der Waals surface area contributed by atoms with E-state index in [1.807, 2.05) is 12.1 Å². The standard InChI is InChI=1S/C22H13/c1-2-7-15(8-3-1)17-13-16-9-6-12-20-18-10-4-5-11-19(18)21(14-17)22(16)20/h2-14H. The van der Waals surface area contributed by atoms with Crippen molar-refractivity contribution < 1.29 is 0 Å². The predicted molar refractivity (Wildman–Crippen MR) is 92.7 cm³/mol. The van der Waals surface area contributed by atoms with Crippen LogP contribution in [0, 0.1) is 6.07 Å². The van der Waals surface area contributed by atoms with Crippen LogP contribution in [0.3, 0.4) is 0 Å². The summed E-state index contributed by atoms with van der Waals surface area (Å²) in [7, 11) is 0. The Morgan fingerprint density at radius 2 is 1.27 bits per heavy atom. The molecule has 0 saturated carbocycles. The van der Waals surface area contributed by atoms with Gasteiger partial charge in [-0.25, -0.2) is 0 Å². The van der Waals surface area contributed by atoms with Gasteiger partial charge in [0.1, 0.15) is 0 Å². The lowest BCUT2D eigenvalue weighted by Crippen LogP contribution is -1.81. The third-order valence-corrected chi connectivity index (χ3v) is 4.54. The fourth-order valence-electron chi connectivity index (χ4n) is 3.56. The summed E-state index contributed by atoms with van der Waals surface area (Å²) in [6.45, 7) is 0. The maximum atomic E-state index is 3.09. The second-order valence-electron chi connectivity index (χ2n) is 5.76. The largest absolute Gasteiger partial charge is 0.0616 e. The van der Waals surface area contributed by atoms with E-state index in [2.05, 4.69) is 72.8 Å². The molecule has 1 aliphatic rings. The average molecular weight is 277 g/mol. The van der Waals surface area contributed by atoms with E-state index in [1.54, 1.807) is 0 Å². The Morgan fingerprint density at radius 3 is 2.09 bits per heavy atom. The molecule has 0 fully saturated rings. The highest BCUT2D eigenvalue weighted by atomic mass is 14.2. The molecule has 1 aliphatic carbocycles. The molecule has 101 valence electrons. The minimum absolute atomic E-state index is 1.24. The number of hydrogen-bond donors (Lipinski definition) is 0. The van der Waals surface area contributed by atoms with Crippen LogP contribution in [0.15, 0.2) is 78.9 Å². The van der Waals surface area contributed by atoms with Crippen molar-refractivity contribution in [3.05, 3.63) is 84.9 Å². The van der Waals surface area contributed by atoms with E-state index in [0.717, 1.165) is 0 Å². The Balaban J connectivity index is 1.90. The molecule has 5 rings (SSSR count). The van der Waals surface area contributed by atoms with Crippen molar-refractivity contribution in [2.75, 3.05) is 0 Å². The van der Waals surface area contributed by atoms with Gasteiger partial charge in [0.25, 0.3) is 0 Å². The Bertz CT molecular complexity index is 1010. The van der Waals surface area contributed by atoms with Gasteiger partial charge in [-0.3, -0.25) is 0 Å². The van der Waals surface area contributed by atoms with Crippen molar-refractivity contribution in [1.29, 1.82) is 0 Å². The van der Waals surface area contributed by atoms with Crippen LogP contribution >= 0.6 is 0 Å². The van der Waals surface area contributed by atoms with Crippen LogP contribution in [-0.4, -0.2) is 0 Å². The molecule has 1 radical (unpaired) electrons. The van der Waals surface area contributed by atoms with Crippen molar-refractivity contribution in [1.82, 2.24) is 0 Å². The number of hydrogen-bond acceptors (Lipinski definition) is 0. The van der Waals surface area contributed by atoms with Gasteiger partial charge in [-0.1, -0.05) is 66.7 Å². The summed E-state index contributed by atoms with van der Waals surface area (Å²) in [6.07, 6.45) is 0. The highest BCUT2D eigenvalue weighted by Gasteiger charge is 2.21. The lowest BCUT2D eigenvalue weighted by atomic mass is 9.96. The van der Waals surface area contributed by atoms with E-state index in [4.69, 9.17) is 0 Å². The average Bonchev–Trinajstić information content (AvgIpc) is 2.92. The molecule has 0 N–H and O–H groups in total. The maximum Gasteiger partial charge on any atom is -0.00259 e. The number of rotatable bonds is 1. The van der Waals surface area contributed by atoms with Gasteiger partial charge in [-0.2, -0.15) is 0 Å².